The number of carbonyl (C=O) groups is 2. The minimum Gasteiger partial charge on any atom is -0.480 e. The van der Waals surface area contributed by atoms with Crippen molar-refractivity contribution in [3.05, 3.63) is 29.1 Å². The zero-order chi connectivity index (χ0) is 18.4. The smallest absolute Gasteiger partial charge is 0.415 e. The van der Waals surface area contributed by atoms with Crippen molar-refractivity contribution in [2.75, 3.05) is 18.6 Å². The topological polar surface area (TPSA) is 111 Å². The predicted octanol–water partition coefficient (Wildman–Crippen LogP) is 1.52. The summed E-state index contributed by atoms with van der Waals surface area (Å²) in [6, 6.07) is 3.24. The molecule has 3 N–H and O–H groups in total. The number of anilines is 1. The molecule has 1 aliphatic carbocycles. The largest absolute Gasteiger partial charge is 0.480 e. The highest BCUT2D eigenvalue weighted by molar-refractivity contribution is 5.95. The summed E-state index contributed by atoms with van der Waals surface area (Å²) in [5, 5.41) is 7.03. The number of fused-ring (bicyclic) bond motifs is 3. The molecule has 2 heterocycles. The van der Waals surface area contributed by atoms with Crippen LogP contribution in [-0.2, 0) is 22.4 Å². The third-order valence-corrected chi connectivity index (χ3v) is 4.79. The van der Waals surface area contributed by atoms with Crippen molar-refractivity contribution < 1.29 is 23.5 Å². The molecule has 8 nitrogen and oxygen atoms in total. The van der Waals surface area contributed by atoms with Gasteiger partial charge in [-0.25, -0.2) is 9.18 Å². The minimum absolute atomic E-state index is 0.0763. The van der Waals surface area contributed by atoms with Gasteiger partial charge in [0.15, 0.2) is 11.9 Å². The summed E-state index contributed by atoms with van der Waals surface area (Å²) >= 11 is 0. The molecule has 1 aromatic carbocycles. The van der Waals surface area contributed by atoms with Gasteiger partial charge in [0.25, 0.3) is 5.91 Å². The number of rotatable bonds is 3. The molecule has 1 aromatic heterocycles. The number of nitrogens with one attached hydrogen (secondary N) is 1. The maximum Gasteiger partial charge on any atom is 0.415 e. The quantitative estimate of drug-likeness (QED) is 0.862. The highest BCUT2D eigenvalue weighted by Crippen LogP contribution is 2.39. The molecule has 1 atom stereocenters. The number of carbonyl (C=O) groups excluding carboxylic acids is 2. The van der Waals surface area contributed by atoms with Gasteiger partial charge in [-0.3, -0.25) is 14.8 Å². The van der Waals surface area contributed by atoms with Gasteiger partial charge in [0.2, 0.25) is 5.88 Å². The van der Waals surface area contributed by atoms with Gasteiger partial charge in [-0.2, -0.15) is 0 Å². The molecule has 136 valence electrons. The Labute approximate surface area is 148 Å². The van der Waals surface area contributed by atoms with E-state index in [1.165, 1.54) is 6.07 Å². The number of hydrogen-bond acceptors (Lipinski definition) is 5. The van der Waals surface area contributed by atoms with Crippen molar-refractivity contribution in [2.24, 2.45) is 5.73 Å². The van der Waals surface area contributed by atoms with Crippen molar-refractivity contribution >= 4 is 17.7 Å². The third kappa shape index (κ3) is 2.39. The lowest BCUT2D eigenvalue weighted by atomic mass is 10.00. The summed E-state index contributed by atoms with van der Waals surface area (Å²) in [6.07, 6.45) is 0.0517. The fraction of sp³-hybridized carbons (Fsp3) is 0.353. The van der Waals surface area contributed by atoms with E-state index in [4.69, 9.17) is 15.2 Å². The molecule has 2 aliphatic rings. The Morgan fingerprint density at radius 3 is 2.88 bits per heavy atom. The van der Waals surface area contributed by atoms with Crippen LogP contribution in [-0.4, -0.2) is 42.0 Å². The van der Waals surface area contributed by atoms with E-state index in [0.717, 1.165) is 16.2 Å². The van der Waals surface area contributed by atoms with Crippen LogP contribution >= 0.6 is 0 Å². The van der Waals surface area contributed by atoms with Gasteiger partial charge >= 0.3 is 6.09 Å². The van der Waals surface area contributed by atoms with E-state index in [-0.39, 0.29) is 12.2 Å². The number of halogens is 1. The number of methoxy groups -OCH3 is 1. The number of amides is 2. The molecule has 26 heavy (non-hydrogen) atoms. The second-order valence-electron chi connectivity index (χ2n) is 6.25. The molecule has 0 spiro atoms. The number of hydrogen-bond donors (Lipinski definition) is 2. The monoisotopic (exact) mass is 360 g/mol. The second kappa shape index (κ2) is 6.01. The summed E-state index contributed by atoms with van der Waals surface area (Å²) in [5.41, 5.74) is 8.06. The first-order chi connectivity index (χ1) is 12.5. The van der Waals surface area contributed by atoms with Gasteiger partial charge in [-0.1, -0.05) is 6.07 Å². The van der Waals surface area contributed by atoms with Gasteiger partial charge in [0, 0.05) is 11.1 Å². The van der Waals surface area contributed by atoms with E-state index in [1.54, 1.807) is 13.2 Å². The Morgan fingerprint density at radius 1 is 1.42 bits per heavy atom. The first-order valence-electron chi connectivity index (χ1n) is 8.21. The van der Waals surface area contributed by atoms with E-state index < -0.39 is 23.9 Å². The number of cyclic esters (lactones) is 1. The summed E-state index contributed by atoms with van der Waals surface area (Å²) in [4.78, 5) is 24.4. The molecule has 9 heteroatoms. The van der Waals surface area contributed by atoms with Crippen LogP contribution in [0.3, 0.4) is 0 Å². The first-order valence-corrected chi connectivity index (χ1v) is 8.21. The molecule has 4 rings (SSSR count). The average Bonchev–Trinajstić information content (AvgIpc) is 3.14. The summed E-state index contributed by atoms with van der Waals surface area (Å²) in [5.74, 6) is -0.763. The normalized spacial score (nSPS) is 18.8. The Balaban J connectivity index is 1.77. The third-order valence-electron chi connectivity index (χ3n) is 4.79. The summed E-state index contributed by atoms with van der Waals surface area (Å²) in [7, 11) is 1.54. The maximum atomic E-state index is 15.2. The van der Waals surface area contributed by atoms with Crippen LogP contribution in [0.25, 0.3) is 11.3 Å². The van der Waals surface area contributed by atoms with Gasteiger partial charge in [0.1, 0.15) is 0 Å². The average molecular weight is 360 g/mol. The number of H-pyrrole nitrogens is 1. The van der Waals surface area contributed by atoms with Gasteiger partial charge in [-0.05, 0) is 30.9 Å². The van der Waals surface area contributed by atoms with Crippen LogP contribution in [0.4, 0.5) is 14.9 Å². The lowest BCUT2D eigenvalue weighted by Crippen LogP contribution is -2.33. The van der Waals surface area contributed by atoms with Crippen molar-refractivity contribution in [1.82, 2.24) is 10.2 Å². The number of nitrogens with two attached hydrogens (primary N) is 1. The first kappa shape index (κ1) is 16.4. The molecule has 1 saturated heterocycles. The summed E-state index contributed by atoms with van der Waals surface area (Å²) < 4.78 is 25.4. The number of nitrogens with zero attached hydrogens (tertiary/aromatic N) is 2. The SMILES string of the molecule is COc1n[nH]c2c1CCCc1c-2ccc(N2C[C@H](C(N)=O)OC2=O)c1F. The van der Waals surface area contributed by atoms with E-state index in [0.29, 0.717) is 36.3 Å². The Morgan fingerprint density at radius 2 is 2.19 bits per heavy atom. The molecule has 1 aliphatic heterocycles. The maximum absolute atomic E-state index is 15.2. The molecule has 0 bridgehead atoms. The highest BCUT2D eigenvalue weighted by atomic mass is 19.1. The number of aromatic nitrogens is 2. The van der Waals surface area contributed by atoms with Gasteiger partial charge in [-0.15, -0.1) is 5.10 Å². The van der Waals surface area contributed by atoms with Crippen molar-refractivity contribution in [3.8, 4) is 17.1 Å². The molecule has 2 amide bonds. The zero-order valence-corrected chi connectivity index (χ0v) is 14.0. The molecule has 0 radical (unpaired) electrons. The van der Waals surface area contributed by atoms with Crippen LogP contribution < -0.4 is 15.4 Å². The fourth-order valence-electron chi connectivity index (χ4n) is 3.52. The molecule has 0 saturated carbocycles. The van der Waals surface area contributed by atoms with Crippen LogP contribution in [0.15, 0.2) is 12.1 Å². The number of benzene rings is 1. The van der Waals surface area contributed by atoms with E-state index in [9.17, 15) is 9.59 Å². The fourth-order valence-corrected chi connectivity index (χ4v) is 3.52. The standard InChI is InChI=1S/C17H17FN4O4/c1-25-16-10-4-2-3-8-9(14(10)20-21-16)5-6-11(13(8)18)22-7-12(15(19)23)26-17(22)24/h5-6,12H,2-4,7H2,1H3,(H2,19,23)(H,20,21)/t12-/m1/s1. The van der Waals surface area contributed by atoms with Crippen LogP contribution in [0.1, 0.15) is 17.5 Å². The Bertz CT molecular complexity index is 910. The minimum atomic E-state index is -1.08. The second-order valence-corrected chi connectivity index (χ2v) is 6.25. The van der Waals surface area contributed by atoms with E-state index >= 15 is 4.39 Å². The van der Waals surface area contributed by atoms with E-state index in [2.05, 4.69) is 10.2 Å². The van der Waals surface area contributed by atoms with Crippen molar-refractivity contribution in [3.63, 3.8) is 0 Å². The lowest BCUT2D eigenvalue weighted by Gasteiger charge is -2.17. The van der Waals surface area contributed by atoms with Crippen LogP contribution in [0.2, 0.25) is 0 Å². The van der Waals surface area contributed by atoms with Crippen molar-refractivity contribution in [1.29, 1.82) is 0 Å². The Kier molecular flexibility index (Phi) is 3.78. The zero-order valence-electron chi connectivity index (χ0n) is 14.0. The van der Waals surface area contributed by atoms with E-state index in [1.807, 2.05) is 0 Å². The van der Waals surface area contributed by atoms with Crippen LogP contribution in [0, 0.1) is 5.82 Å². The summed E-state index contributed by atoms with van der Waals surface area (Å²) in [6.45, 7) is -0.104. The van der Waals surface area contributed by atoms with Gasteiger partial charge < -0.3 is 15.2 Å². The van der Waals surface area contributed by atoms with Crippen molar-refractivity contribution in [2.45, 2.75) is 25.4 Å². The molecule has 0 unspecified atom stereocenters. The number of ether oxygens (including phenoxy) is 2. The lowest BCUT2D eigenvalue weighted by molar-refractivity contribution is -0.124. The molecule has 2 aromatic rings. The molecular formula is C17H17FN4O4. The van der Waals surface area contributed by atoms with Gasteiger partial charge in [0.05, 0.1) is 25.0 Å². The number of aromatic amines is 1. The number of primary amides is 1. The molecular weight excluding hydrogens is 343 g/mol. The Hall–Kier alpha value is -3.10. The molecule has 1 fully saturated rings. The van der Waals surface area contributed by atoms with Crippen LogP contribution in [0.5, 0.6) is 5.88 Å². The highest BCUT2D eigenvalue weighted by Gasteiger charge is 2.38. The predicted molar refractivity (Wildman–Crippen MR) is 89.4 cm³/mol.